The topological polar surface area (TPSA) is 79.9 Å². The van der Waals surface area contributed by atoms with E-state index in [0.717, 1.165) is 35.0 Å². The Labute approximate surface area is 263 Å². The maximum Gasteiger partial charge on any atom is 0.573 e. The summed E-state index contributed by atoms with van der Waals surface area (Å²) in [5.41, 5.74) is 8.64. The first kappa shape index (κ1) is 31.2. The third kappa shape index (κ3) is 8.03. The van der Waals surface area contributed by atoms with Crippen LogP contribution in [0.15, 0.2) is 83.2 Å². The minimum atomic E-state index is -4.75. The van der Waals surface area contributed by atoms with Gasteiger partial charge in [-0.2, -0.15) is 10.1 Å². The zero-order valence-corrected chi connectivity index (χ0v) is 25.9. The van der Waals surface area contributed by atoms with Crippen molar-refractivity contribution >= 4 is 46.2 Å². The van der Waals surface area contributed by atoms with Crippen LogP contribution in [0.25, 0.3) is 17.1 Å². The molecule has 1 saturated heterocycles. The number of ether oxygens (including phenoxy) is 1. The van der Waals surface area contributed by atoms with Crippen LogP contribution in [-0.4, -0.2) is 49.9 Å². The molecule has 0 aliphatic carbocycles. The fourth-order valence-electron chi connectivity index (χ4n) is 4.56. The first-order valence-electron chi connectivity index (χ1n) is 13.9. The lowest BCUT2D eigenvalue weighted by Gasteiger charge is -2.32. The molecule has 4 aromatic rings. The number of benzene rings is 3. The summed E-state index contributed by atoms with van der Waals surface area (Å²) in [4.78, 5) is 11.3. The average Bonchev–Trinajstić information content (AvgIpc) is 3.48. The summed E-state index contributed by atoms with van der Waals surface area (Å²) >= 11 is 7.18. The van der Waals surface area contributed by atoms with Gasteiger partial charge in [0.2, 0.25) is 5.11 Å². The predicted octanol–water partition coefficient (Wildman–Crippen LogP) is 7.47. The lowest BCUT2D eigenvalue weighted by molar-refractivity contribution is -0.274. The summed E-state index contributed by atoms with van der Waals surface area (Å²) in [5.74, 6) is 1.52. The third-order valence-electron chi connectivity index (χ3n) is 6.65. The SMILES string of the molecule is Cc1ccc(C(C)C)c(N2CCCSC2=NC(=S)N/N=C/c2ccc(-c3ncn(-c4ccc(OC(F)(F)F)cc4)n3)cc2)c1. The van der Waals surface area contributed by atoms with Gasteiger partial charge in [-0.05, 0) is 78.5 Å². The van der Waals surface area contributed by atoms with E-state index < -0.39 is 6.36 Å². The van der Waals surface area contributed by atoms with E-state index in [1.807, 2.05) is 24.3 Å². The Bertz CT molecular complexity index is 1670. The van der Waals surface area contributed by atoms with Gasteiger partial charge < -0.3 is 9.64 Å². The Morgan fingerprint density at radius 2 is 1.84 bits per heavy atom. The maximum atomic E-state index is 12.4. The lowest BCUT2D eigenvalue weighted by Crippen LogP contribution is -2.36. The van der Waals surface area contributed by atoms with Gasteiger partial charge in [0, 0.05) is 23.5 Å². The molecule has 3 aromatic carbocycles. The van der Waals surface area contributed by atoms with Crippen LogP contribution in [0.2, 0.25) is 0 Å². The average molecular weight is 638 g/mol. The van der Waals surface area contributed by atoms with Crippen molar-refractivity contribution in [2.45, 2.75) is 39.5 Å². The predicted molar refractivity (Wildman–Crippen MR) is 174 cm³/mol. The van der Waals surface area contributed by atoms with E-state index in [2.05, 4.69) is 69.2 Å². The number of thioether (sulfide) groups is 1. The van der Waals surface area contributed by atoms with Crippen molar-refractivity contribution in [1.82, 2.24) is 20.2 Å². The highest BCUT2D eigenvalue weighted by molar-refractivity contribution is 8.14. The Morgan fingerprint density at radius 3 is 2.55 bits per heavy atom. The molecule has 1 fully saturated rings. The molecule has 8 nitrogen and oxygen atoms in total. The first-order valence-corrected chi connectivity index (χ1v) is 15.3. The Hall–Kier alpha value is -4.23. The van der Waals surface area contributed by atoms with Crippen molar-refractivity contribution in [2.24, 2.45) is 10.1 Å². The molecule has 0 saturated carbocycles. The summed E-state index contributed by atoms with van der Waals surface area (Å²) < 4.78 is 42.6. The number of aromatic nitrogens is 3. The normalized spacial score (nSPS) is 14.9. The van der Waals surface area contributed by atoms with Gasteiger partial charge in [0.15, 0.2) is 11.0 Å². The fraction of sp³-hybridized carbons (Fsp3) is 0.258. The van der Waals surface area contributed by atoms with Gasteiger partial charge >= 0.3 is 6.36 Å². The van der Waals surface area contributed by atoms with E-state index in [1.54, 1.807) is 18.0 Å². The van der Waals surface area contributed by atoms with Crippen molar-refractivity contribution in [2.75, 3.05) is 17.2 Å². The molecular formula is C31H30F3N7OS2. The van der Waals surface area contributed by atoms with E-state index in [4.69, 9.17) is 17.2 Å². The van der Waals surface area contributed by atoms with Crippen LogP contribution in [-0.2, 0) is 0 Å². The highest BCUT2D eigenvalue weighted by Gasteiger charge is 2.31. The number of halogens is 3. The van der Waals surface area contributed by atoms with Gasteiger partial charge in [0.05, 0.1) is 11.9 Å². The van der Waals surface area contributed by atoms with Gasteiger partial charge in [-0.25, -0.2) is 9.67 Å². The molecule has 0 bridgehead atoms. The summed E-state index contributed by atoms with van der Waals surface area (Å²) in [5, 5.41) is 9.84. The molecule has 1 aromatic heterocycles. The van der Waals surface area contributed by atoms with Crippen LogP contribution in [0.3, 0.4) is 0 Å². The van der Waals surface area contributed by atoms with E-state index in [-0.39, 0.29) is 10.9 Å². The van der Waals surface area contributed by atoms with Crippen molar-refractivity contribution in [3.05, 3.63) is 89.7 Å². The number of hydrogen-bond donors (Lipinski definition) is 1. The number of alkyl halides is 3. The molecule has 0 atom stereocenters. The number of amidine groups is 1. The van der Waals surface area contributed by atoms with Crippen LogP contribution in [0.1, 0.15) is 42.9 Å². The van der Waals surface area contributed by atoms with Crippen molar-refractivity contribution in [3.8, 4) is 22.8 Å². The van der Waals surface area contributed by atoms with Crippen molar-refractivity contribution in [1.29, 1.82) is 0 Å². The summed E-state index contributed by atoms with van der Waals surface area (Å²) in [6.07, 6.45) is -0.542. The number of aliphatic imine (C=N–C) groups is 1. The zero-order valence-electron chi connectivity index (χ0n) is 24.2. The largest absolute Gasteiger partial charge is 0.573 e. The second kappa shape index (κ2) is 13.6. The number of thiocarbonyl (C=S) groups is 1. The van der Waals surface area contributed by atoms with Gasteiger partial charge in [-0.1, -0.05) is 62.0 Å². The molecule has 228 valence electrons. The van der Waals surface area contributed by atoms with Crippen LogP contribution in [0.4, 0.5) is 18.9 Å². The Kier molecular flexibility index (Phi) is 9.64. The maximum absolute atomic E-state index is 12.4. The van der Waals surface area contributed by atoms with E-state index >= 15 is 0 Å². The molecule has 44 heavy (non-hydrogen) atoms. The minimum Gasteiger partial charge on any atom is -0.406 e. The first-order chi connectivity index (χ1) is 21.1. The van der Waals surface area contributed by atoms with E-state index in [1.165, 1.54) is 52.1 Å². The number of nitrogens with one attached hydrogen (secondary N) is 1. The van der Waals surface area contributed by atoms with E-state index in [0.29, 0.717) is 17.4 Å². The standard InChI is InChI=1S/C31H30F3N7OS2/c1-20(2)26-14-5-21(3)17-27(26)40-15-4-16-44-30(40)37-29(43)38-36-18-22-6-8-23(9-7-22)28-35-19-41(39-28)24-10-12-25(13-11-24)42-31(32,33)34/h5-14,17-20H,4,15-16H2,1-3H3,(H,38,43)/b36-18+,37-30?. The Balaban J connectivity index is 1.21. The van der Waals surface area contributed by atoms with Gasteiger partial charge in [0.25, 0.3) is 0 Å². The van der Waals surface area contributed by atoms with Crippen molar-refractivity contribution < 1.29 is 17.9 Å². The number of anilines is 1. The molecule has 0 radical (unpaired) electrons. The summed E-state index contributed by atoms with van der Waals surface area (Å²) in [6, 6.07) is 19.4. The molecule has 0 amide bonds. The number of rotatable bonds is 7. The van der Waals surface area contributed by atoms with Gasteiger partial charge in [-0.15, -0.1) is 18.3 Å². The fourth-order valence-corrected chi connectivity index (χ4v) is 5.72. The summed E-state index contributed by atoms with van der Waals surface area (Å²) in [6.45, 7) is 7.37. The van der Waals surface area contributed by atoms with E-state index in [9.17, 15) is 13.2 Å². The second-order valence-electron chi connectivity index (χ2n) is 10.3. The monoisotopic (exact) mass is 637 g/mol. The minimum absolute atomic E-state index is 0.277. The molecule has 1 aliphatic rings. The third-order valence-corrected chi connectivity index (χ3v) is 7.90. The molecule has 0 spiro atoms. The van der Waals surface area contributed by atoms with Crippen LogP contribution in [0.5, 0.6) is 5.75 Å². The molecule has 1 N–H and O–H groups in total. The molecule has 2 heterocycles. The number of aryl methyl sites for hydroxylation is 1. The Morgan fingerprint density at radius 1 is 1.09 bits per heavy atom. The van der Waals surface area contributed by atoms with Crippen LogP contribution < -0.4 is 15.1 Å². The van der Waals surface area contributed by atoms with Crippen LogP contribution in [0, 0.1) is 6.92 Å². The highest BCUT2D eigenvalue weighted by atomic mass is 32.2. The van der Waals surface area contributed by atoms with Crippen molar-refractivity contribution in [3.63, 3.8) is 0 Å². The number of hydrazone groups is 1. The number of hydrogen-bond acceptors (Lipinski definition) is 6. The highest BCUT2D eigenvalue weighted by Crippen LogP contribution is 2.33. The van der Waals surface area contributed by atoms with Gasteiger partial charge in [0.1, 0.15) is 12.1 Å². The number of nitrogens with zero attached hydrogens (tertiary/aromatic N) is 6. The molecule has 1 aliphatic heterocycles. The molecule has 5 rings (SSSR count). The van der Waals surface area contributed by atoms with Gasteiger partial charge in [-0.3, -0.25) is 5.43 Å². The van der Waals surface area contributed by atoms with Crippen LogP contribution >= 0.6 is 24.0 Å². The molecule has 13 heteroatoms. The molecule has 0 unspecified atom stereocenters. The molecular weight excluding hydrogens is 608 g/mol. The zero-order chi connectivity index (χ0) is 31.3. The quantitative estimate of drug-likeness (QED) is 0.128. The summed E-state index contributed by atoms with van der Waals surface area (Å²) in [7, 11) is 0. The smallest absolute Gasteiger partial charge is 0.406 e. The lowest BCUT2D eigenvalue weighted by atomic mass is 9.98. The second-order valence-corrected chi connectivity index (χ2v) is 11.8.